The first-order chi connectivity index (χ1) is 7.54. The van der Waals surface area contributed by atoms with Crippen molar-refractivity contribution in [1.29, 1.82) is 0 Å². The van der Waals surface area contributed by atoms with E-state index in [0.29, 0.717) is 0 Å². The second-order valence-electron chi connectivity index (χ2n) is 2.70. The lowest BCUT2D eigenvalue weighted by atomic mass is 10.2. The van der Waals surface area contributed by atoms with Gasteiger partial charge in [-0.15, -0.1) is 0 Å². The van der Waals surface area contributed by atoms with Crippen LogP contribution >= 0.6 is 0 Å². The van der Waals surface area contributed by atoms with E-state index < -0.39 is 24.2 Å². The van der Waals surface area contributed by atoms with Crippen molar-refractivity contribution in [1.82, 2.24) is 0 Å². The third kappa shape index (κ3) is 5.18. The number of hydrogen-bond acceptors (Lipinski definition) is 7. The van der Waals surface area contributed by atoms with Crippen LogP contribution in [0.1, 0.15) is 12.8 Å². The summed E-state index contributed by atoms with van der Waals surface area (Å²) >= 11 is 0. The van der Waals surface area contributed by atoms with Gasteiger partial charge in [-0.25, -0.2) is 9.59 Å². The van der Waals surface area contributed by atoms with Crippen LogP contribution in [0.25, 0.3) is 0 Å². The molecule has 0 saturated heterocycles. The first-order valence-corrected chi connectivity index (χ1v) is 4.44. The van der Waals surface area contributed by atoms with Gasteiger partial charge in [-0.1, -0.05) is 0 Å². The van der Waals surface area contributed by atoms with Gasteiger partial charge in [0.05, 0.1) is 21.3 Å². The van der Waals surface area contributed by atoms with E-state index in [9.17, 15) is 14.4 Å². The minimum Gasteiger partial charge on any atom is -0.469 e. The highest BCUT2D eigenvalue weighted by atomic mass is 16.7. The lowest BCUT2D eigenvalue weighted by Gasteiger charge is -2.13. The van der Waals surface area contributed by atoms with Gasteiger partial charge in [-0.2, -0.15) is 0 Å². The van der Waals surface area contributed by atoms with E-state index in [0.717, 1.165) is 14.2 Å². The summed E-state index contributed by atoms with van der Waals surface area (Å²) in [4.78, 5) is 32.8. The number of rotatable bonds is 5. The summed E-state index contributed by atoms with van der Waals surface area (Å²) in [7, 11) is 3.47. The molecule has 16 heavy (non-hydrogen) atoms. The van der Waals surface area contributed by atoms with Gasteiger partial charge in [0.15, 0.2) is 0 Å². The van der Waals surface area contributed by atoms with Crippen LogP contribution in [0.3, 0.4) is 0 Å². The zero-order valence-electron chi connectivity index (χ0n) is 9.35. The molecule has 1 unspecified atom stereocenters. The van der Waals surface area contributed by atoms with Crippen LogP contribution < -0.4 is 0 Å². The van der Waals surface area contributed by atoms with E-state index in [1.165, 1.54) is 7.11 Å². The van der Waals surface area contributed by atoms with Crippen molar-refractivity contribution < 1.29 is 33.3 Å². The Morgan fingerprint density at radius 3 is 2.06 bits per heavy atom. The van der Waals surface area contributed by atoms with E-state index in [1.807, 2.05) is 0 Å². The van der Waals surface area contributed by atoms with Crippen molar-refractivity contribution in [3.8, 4) is 0 Å². The molecule has 7 heteroatoms. The molecule has 0 aliphatic heterocycles. The molecule has 0 aliphatic carbocycles. The Labute approximate surface area is 92.6 Å². The predicted octanol–water partition coefficient (Wildman–Crippen LogP) is 0.264. The molecule has 0 aromatic carbocycles. The monoisotopic (exact) mass is 234 g/mol. The molecule has 0 radical (unpaired) electrons. The zero-order chi connectivity index (χ0) is 12.6. The van der Waals surface area contributed by atoms with Crippen molar-refractivity contribution in [3.63, 3.8) is 0 Å². The van der Waals surface area contributed by atoms with E-state index in [1.54, 1.807) is 0 Å². The SMILES string of the molecule is COC(=O)CCC(OC(=O)OC)C(=O)OC. The standard InChI is InChI=1S/C9H14O7/c1-13-7(10)5-4-6(8(11)14-2)16-9(12)15-3/h6H,4-5H2,1-3H3. The minimum atomic E-state index is -1.17. The maximum absolute atomic E-state index is 11.2. The Morgan fingerprint density at radius 2 is 1.62 bits per heavy atom. The first-order valence-electron chi connectivity index (χ1n) is 4.44. The van der Waals surface area contributed by atoms with Gasteiger partial charge in [-0.05, 0) is 0 Å². The lowest BCUT2D eigenvalue weighted by molar-refractivity contribution is -0.153. The third-order valence-electron chi connectivity index (χ3n) is 1.71. The topological polar surface area (TPSA) is 88.1 Å². The molecule has 0 heterocycles. The molecule has 0 aliphatic rings. The summed E-state index contributed by atoms with van der Waals surface area (Å²) in [6, 6.07) is 0. The van der Waals surface area contributed by atoms with Crippen molar-refractivity contribution in [2.24, 2.45) is 0 Å². The normalized spacial score (nSPS) is 11.2. The van der Waals surface area contributed by atoms with Crippen LogP contribution in [0.15, 0.2) is 0 Å². The highest BCUT2D eigenvalue weighted by molar-refractivity contribution is 5.78. The predicted molar refractivity (Wildman–Crippen MR) is 50.5 cm³/mol. The maximum Gasteiger partial charge on any atom is 0.508 e. The summed E-state index contributed by atoms with van der Waals surface area (Å²) in [5, 5.41) is 0. The molecule has 0 bridgehead atoms. The first kappa shape index (κ1) is 14.2. The zero-order valence-corrected chi connectivity index (χ0v) is 9.35. The quantitative estimate of drug-likeness (QED) is 0.498. The van der Waals surface area contributed by atoms with Crippen molar-refractivity contribution in [2.45, 2.75) is 18.9 Å². The van der Waals surface area contributed by atoms with Crippen LogP contribution in [0.2, 0.25) is 0 Å². The Morgan fingerprint density at radius 1 is 1.00 bits per heavy atom. The molecule has 0 amide bonds. The van der Waals surface area contributed by atoms with Gasteiger partial charge in [0, 0.05) is 12.8 Å². The molecule has 0 spiro atoms. The minimum absolute atomic E-state index is 0.0194. The highest BCUT2D eigenvalue weighted by Crippen LogP contribution is 2.06. The molecular weight excluding hydrogens is 220 g/mol. The number of carbonyl (C=O) groups excluding carboxylic acids is 3. The average molecular weight is 234 g/mol. The van der Waals surface area contributed by atoms with Crippen LogP contribution in [-0.2, 0) is 28.5 Å². The fourth-order valence-electron chi connectivity index (χ4n) is 0.872. The number of methoxy groups -OCH3 is 3. The summed E-state index contributed by atoms with van der Waals surface area (Å²) in [5.74, 6) is -1.27. The van der Waals surface area contributed by atoms with Crippen LogP contribution in [0.4, 0.5) is 4.79 Å². The molecule has 1 atom stereocenters. The van der Waals surface area contributed by atoms with Gasteiger partial charge in [-0.3, -0.25) is 4.79 Å². The van der Waals surface area contributed by atoms with Crippen molar-refractivity contribution in [2.75, 3.05) is 21.3 Å². The molecule has 0 aromatic rings. The number of esters is 2. The van der Waals surface area contributed by atoms with E-state index >= 15 is 0 Å². The van der Waals surface area contributed by atoms with Gasteiger partial charge < -0.3 is 18.9 Å². The fraction of sp³-hybridized carbons (Fsp3) is 0.667. The van der Waals surface area contributed by atoms with Crippen LogP contribution in [0.5, 0.6) is 0 Å². The van der Waals surface area contributed by atoms with E-state index in [4.69, 9.17) is 0 Å². The number of hydrogen-bond donors (Lipinski definition) is 0. The summed E-state index contributed by atoms with van der Waals surface area (Å²) in [6.07, 6.45) is -2.27. The molecule has 7 nitrogen and oxygen atoms in total. The molecule has 0 saturated carbocycles. The average Bonchev–Trinajstić information content (AvgIpc) is 2.32. The van der Waals surface area contributed by atoms with Crippen molar-refractivity contribution in [3.05, 3.63) is 0 Å². The highest BCUT2D eigenvalue weighted by Gasteiger charge is 2.25. The summed E-state index contributed by atoms with van der Waals surface area (Å²) in [5.41, 5.74) is 0. The Hall–Kier alpha value is -1.79. The Bertz CT molecular complexity index is 261. The molecule has 0 aromatic heterocycles. The largest absolute Gasteiger partial charge is 0.508 e. The molecular formula is C9H14O7. The molecule has 0 N–H and O–H groups in total. The van der Waals surface area contributed by atoms with Gasteiger partial charge in [0.1, 0.15) is 0 Å². The summed E-state index contributed by atoms with van der Waals surface area (Å²) < 4.78 is 17.6. The number of ether oxygens (including phenoxy) is 4. The van der Waals surface area contributed by atoms with Crippen molar-refractivity contribution >= 4 is 18.1 Å². The van der Waals surface area contributed by atoms with Crippen LogP contribution in [0, 0.1) is 0 Å². The van der Waals surface area contributed by atoms with E-state index in [2.05, 4.69) is 18.9 Å². The second kappa shape index (κ2) is 7.49. The summed E-state index contributed by atoms with van der Waals surface area (Å²) in [6.45, 7) is 0. The fourth-order valence-corrected chi connectivity index (χ4v) is 0.872. The van der Waals surface area contributed by atoms with Gasteiger partial charge >= 0.3 is 18.1 Å². The van der Waals surface area contributed by atoms with Gasteiger partial charge in [0.2, 0.25) is 6.10 Å². The molecule has 92 valence electrons. The third-order valence-corrected chi connectivity index (χ3v) is 1.71. The Balaban J connectivity index is 4.26. The molecule has 0 rings (SSSR count). The smallest absolute Gasteiger partial charge is 0.469 e. The number of carbonyl (C=O) groups is 3. The maximum atomic E-state index is 11.2. The van der Waals surface area contributed by atoms with E-state index in [-0.39, 0.29) is 12.8 Å². The second-order valence-corrected chi connectivity index (χ2v) is 2.70. The lowest BCUT2D eigenvalue weighted by Crippen LogP contribution is -2.29. The molecule has 0 fully saturated rings. The van der Waals surface area contributed by atoms with Gasteiger partial charge in [0.25, 0.3) is 0 Å². The van der Waals surface area contributed by atoms with Crippen LogP contribution in [-0.4, -0.2) is 45.5 Å². The Kier molecular flexibility index (Phi) is 6.66.